The van der Waals surface area contributed by atoms with E-state index in [1.807, 2.05) is 6.07 Å². The Balaban J connectivity index is 1.73. The fourth-order valence-electron chi connectivity index (χ4n) is 2.78. The number of benzene rings is 1. The largest absolute Gasteiger partial charge is 0.479 e. The first kappa shape index (κ1) is 15.4. The number of ether oxygens (including phenoxy) is 1. The van der Waals surface area contributed by atoms with Crippen molar-refractivity contribution in [3.8, 4) is 11.8 Å². The highest BCUT2D eigenvalue weighted by Crippen LogP contribution is 2.27. The van der Waals surface area contributed by atoms with E-state index in [1.54, 1.807) is 24.3 Å². The standard InChI is InChI=1S/C17H22N2O2/c18-12-13-21-16-9-7-15(8-10-16)19-17(20)11-6-14-4-2-1-3-5-14/h7-10,14H,1-6,11,13H2,(H,19,20). The fraction of sp³-hybridized carbons (Fsp3) is 0.529. The number of amides is 1. The summed E-state index contributed by atoms with van der Waals surface area (Å²) in [5, 5.41) is 11.3. The zero-order chi connectivity index (χ0) is 14.9. The Morgan fingerprint density at radius 3 is 2.62 bits per heavy atom. The van der Waals surface area contributed by atoms with Crippen LogP contribution in [-0.2, 0) is 4.79 Å². The zero-order valence-corrected chi connectivity index (χ0v) is 12.3. The van der Waals surface area contributed by atoms with Crippen LogP contribution in [-0.4, -0.2) is 12.5 Å². The Kier molecular flexibility index (Phi) is 6.08. The van der Waals surface area contributed by atoms with Crippen molar-refractivity contribution in [2.45, 2.75) is 44.9 Å². The van der Waals surface area contributed by atoms with Crippen molar-refractivity contribution in [2.75, 3.05) is 11.9 Å². The summed E-state index contributed by atoms with van der Waals surface area (Å²) in [4.78, 5) is 11.9. The van der Waals surface area contributed by atoms with Gasteiger partial charge in [-0.1, -0.05) is 32.1 Å². The molecule has 1 aliphatic rings. The van der Waals surface area contributed by atoms with Crippen LogP contribution in [0.3, 0.4) is 0 Å². The van der Waals surface area contributed by atoms with Crippen LogP contribution in [0.4, 0.5) is 5.69 Å². The van der Waals surface area contributed by atoms with Crippen LogP contribution in [0.15, 0.2) is 24.3 Å². The summed E-state index contributed by atoms with van der Waals surface area (Å²) in [5.41, 5.74) is 0.771. The highest BCUT2D eigenvalue weighted by molar-refractivity contribution is 5.90. The molecular formula is C17H22N2O2. The minimum Gasteiger partial charge on any atom is -0.479 e. The maximum atomic E-state index is 11.9. The Labute approximate surface area is 126 Å². The van der Waals surface area contributed by atoms with Gasteiger partial charge in [0, 0.05) is 12.1 Å². The lowest BCUT2D eigenvalue weighted by atomic mass is 9.86. The summed E-state index contributed by atoms with van der Waals surface area (Å²) in [6.07, 6.45) is 8.12. The quantitative estimate of drug-likeness (QED) is 0.863. The minimum atomic E-state index is 0.0348. The molecule has 1 aliphatic carbocycles. The normalized spacial score (nSPS) is 15.2. The Morgan fingerprint density at radius 1 is 1.24 bits per heavy atom. The molecule has 2 rings (SSSR count). The van der Waals surface area contributed by atoms with Gasteiger partial charge in [-0.3, -0.25) is 4.79 Å². The molecule has 4 nitrogen and oxygen atoms in total. The number of hydrogen-bond donors (Lipinski definition) is 1. The number of nitrogens with one attached hydrogen (secondary N) is 1. The van der Waals surface area contributed by atoms with Crippen molar-refractivity contribution >= 4 is 11.6 Å². The molecule has 112 valence electrons. The summed E-state index contributed by atoms with van der Waals surface area (Å²) in [6, 6.07) is 9.03. The molecule has 1 aromatic rings. The van der Waals surface area contributed by atoms with Gasteiger partial charge in [0.25, 0.3) is 0 Å². The van der Waals surface area contributed by atoms with E-state index in [9.17, 15) is 4.79 Å². The first-order chi connectivity index (χ1) is 10.3. The Bertz CT molecular complexity index is 485. The zero-order valence-electron chi connectivity index (χ0n) is 12.3. The third kappa shape index (κ3) is 5.47. The molecule has 0 atom stereocenters. The molecule has 0 heterocycles. The second kappa shape index (κ2) is 8.31. The lowest BCUT2D eigenvalue weighted by Crippen LogP contribution is -2.14. The molecular weight excluding hydrogens is 264 g/mol. The van der Waals surface area contributed by atoms with Gasteiger partial charge in [-0.15, -0.1) is 0 Å². The molecule has 0 aliphatic heterocycles. The van der Waals surface area contributed by atoms with Gasteiger partial charge in [-0.2, -0.15) is 5.26 Å². The van der Waals surface area contributed by atoms with Crippen molar-refractivity contribution in [3.05, 3.63) is 24.3 Å². The van der Waals surface area contributed by atoms with Gasteiger partial charge in [0.15, 0.2) is 6.61 Å². The molecule has 1 N–H and O–H groups in total. The van der Waals surface area contributed by atoms with E-state index in [-0.39, 0.29) is 12.5 Å². The SMILES string of the molecule is N#CCOc1ccc(NC(=O)CCC2CCCCC2)cc1. The smallest absolute Gasteiger partial charge is 0.224 e. The Hall–Kier alpha value is -2.02. The van der Waals surface area contributed by atoms with Crippen LogP contribution in [0, 0.1) is 17.2 Å². The number of anilines is 1. The highest BCUT2D eigenvalue weighted by Gasteiger charge is 2.14. The molecule has 1 fully saturated rings. The van der Waals surface area contributed by atoms with Gasteiger partial charge in [-0.25, -0.2) is 0 Å². The second-order valence-corrected chi connectivity index (χ2v) is 5.56. The van der Waals surface area contributed by atoms with E-state index in [0.717, 1.165) is 18.0 Å². The van der Waals surface area contributed by atoms with Crippen LogP contribution >= 0.6 is 0 Å². The maximum absolute atomic E-state index is 11.9. The number of carbonyl (C=O) groups excluding carboxylic acids is 1. The average Bonchev–Trinajstić information content (AvgIpc) is 2.53. The summed E-state index contributed by atoms with van der Waals surface area (Å²) in [6.45, 7) is 0.0348. The van der Waals surface area contributed by atoms with Crippen molar-refractivity contribution < 1.29 is 9.53 Å². The molecule has 0 radical (unpaired) electrons. The topological polar surface area (TPSA) is 62.1 Å². The second-order valence-electron chi connectivity index (χ2n) is 5.56. The molecule has 0 saturated heterocycles. The molecule has 0 unspecified atom stereocenters. The van der Waals surface area contributed by atoms with E-state index in [2.05, 4.69) is 5.32 Å². The molecule has 1 aromatic carbocycles. The first-order valence-corrected chi connectivity index (χ1v) is 7.67. The van der Waals surface area contributed by atoms with Gasteiger partial charge < -0.3 is 10.1 Å². The summed E-state index contributed by atoms with van der Waals surface area (Å²) >= 11 is 0. The predicted molar refractivity (Wildman–Crippen MR) is 82.0 cm³/mol. The summed E-state index contributed by atoms with van der Waals surface area (Å²) in [5.74, 6) is 1.44. The van der Waals surface area contributed by atoms with Crippen LogP contribution in [0.1, 0.15) is 44.9 Å². The average molecular weight is 286 g/mol. The summed E-state index contributed by atoms with van der Waals surface area (Å²) in [7, 11) is 0. The fourth-order valence-corrected chi connectivity index (χ4v) is 2.78. The molecule has 0 bridgehead atoms. The van der Waals surface area contributed by atoms with E-state index in [4.69, 9.17) is 10.00 Å². The lowest BCUT2D eigenvalue weighted by molar-refractivity contribution is -0.116. The van der Waals surface area contributed by atoms with Gasteiger partial charge in [0.1, 0.15) is 11.8 Å². The lowest BCUT2D eigenvalue weighted by Gasteiger charge is -2.21. The van der Waals surface area contributed by atoms with Gasteiger partial charge >= 0.3 is 0 Å². The number of nitrogens with zero attached hydrogens (tertiary/aromatic N) is 1. The van der Waals surface area contributed by atoms with Crippen LogP contribution in [0.25, 0.3) is 0 Å². The highest BCUT2D eigenvalue weighted by atomic mass is 16.5. The minimum absolute atomic E-state index is 0.0348. The third-order valence-corrected chi connectivity index (χ3v) is 3.95. The molecule has 0 spiro atoms. The van der Waals surface area contributed by atoms with Gasteiger partial charge in [0.05, 0.1) is 0 Å². The monoisotopic (exact) mass is 286 g/mol. The number of rotatable bonds is 6. The van der Waals surface area contributed by atoms with Gasteiger partial charge in [-0.05, 0) is 36.6 Å². The van der Waals surface area contributed by atoms with E-state index < -0.39 is 0 Å². The van der Waals surface area contributed by atoms with E-state index in [0.29, 0.717) is 12.2 Å². The van der Waals surface area contributed by atoms with Crippen LogP contribution in [0.2, 0.25) is 0 Å². The predicted octanol–water partition coefficient (Wildman–Crippen LogP) is 3.89. The summed E-state index contributed by atoms with van der Waals surface area (Å²) < 4.78 is 5.17. The van der Waals surface area contributed by atoms with Crippen molar-refractivity contribution in [2.24, 2.45) is 5.92 Å². The third-order valence-electron chi connectivity index (χ3n) is 3.95. The number of carbonyl (C=O) groups is 1. The molecule has 4 heteroatoms. The maximum Gasteiger partial charge on any atom is 0.224 e. The van der Waals surface area contributed by atoms with Crippen molar-refractivity contribution in [1.82, 2.24) is 0 Å². The number of hydrogen-bond acceptors (Lipinski definition) is 3. The van der Waals surface area contributed by atoms with Crippen LogP contribution < -0.4 is 10.1 Å². The first-order valence-electron chi connectivity index (χ1n) is 7.67. The molecule has 0 aromatic heterocycles. The Morgan fingerprint density at radius 2 is 1.95 bits per heavy atom. The molecule has 1 amide bonds. The van der Waals surface area contributed by atoms with Crippen LogP contribution in [0.5, 0.6) is 5.75 Å². The molecule has 1 saturated carbocycles. The molecule has 21 heavy (non-hydrogen) atoms. The van der Waals surface area contributed by atoms with Crippen molar-refractivity contribution in [3.63, 3.8) is 0 Å². The van der Waals surface area contributed by atoms with E-state index >= 15 is 0 Å². The van der Waals surface area contributed by atoms with Crippen molar-refractivity contribution in [1.29, 1.82) is 5.26 Å². The van der Waals surface area contributed by atoms with Gasteiger partial charge in [0.2, 0.25) is 5.91 Å². The van der Waals surface area contributed by atoms with E-state index in [1.165, 1.54) is 32.1 Å². The number of nitriles is 1.